The Hall–Kier alpha value is -0.0200. The van der Waals surface area contributed by atoms with Gasteiger partial charge < -0.3 is 0 Å². The van der Waals surface area contributed by atoms with Crippen LogP contribution < -0.4 is 0 Å². The normalized spacial score (nSPS) is 12.5. The van der Waals surface area contributed by atoms with Crippen LogP contribution in [0, 0.1) is 6.92 Å². The zero-order chi connectivity index (χ0) is 13.3. The molecule has 0 saturated heterocycles. The first kappa shape index (κ1) is 14.4. The Bertz CT molecular complexity index is 582. The third kappa shape index (κ3) is 3.11. The molecule has 0 aromatic heterocycles. The van der Waals surface area contributed by atoms with Crippen molar-refractivity contribution in [1.29, 1.82) is 0 Å². The summed E-state index contributed by atoms with van der Waals surface area (Å²) in [6.07, 6.45) is 0. The van der Waals surface area contributed by atoms with Crippen LogP contribution >= 0.6 is 55.1 Å². The molecule has 2 aromatic rings. The maximum absolute atomic E-state index is 6.24. The maximum Gasteiger partial charge on any atom is 0.0662 e. The summed E-state index contributed by atoms with van der Waals surface area (Å²) in [5.41, 5.74) is 3.42. The molecule has 0 aliphatic rings. The molecule has 0 bridgehead atoms. The highest BCUT2D eigenvalue weighted by atomic mass is 79.9. The fourth-order valence-electron chi connectivity index (χ4n) is 1.76. The highest BCUT2D eigenvalue weighted by Gasteiger charge is 2.16. The molecule has 94 valence electrons. The Labute approximate surface area is 134 Å². The Kier molecular flexibility index (Phi) is 4.76. The van der Waals surface area contributed by atoms with Gasteiger partial charge in [-0.2, -0.15) is 0 Å². The Morgan fingerprint density at radius 3 is 2.39 bits per heavy atom. The molecule has 0 aliphatic heterocycles. The lowest BCUT2D eigenvalue weighted by Gasteiger charge is -2.15. The monoisotopic (exact) mass is 406 g/mol. The molecule has 0 amide bonds. The van der Waals surface area contributed by atoms with Gasteiger partial charge in [0.2, 0.25) is 0 Å². The third-order valence-corrected chi connectivity index (χ3v) is 4.79. The van der Waals surface area contributed by atoms with Crippen molar-refractivity contribution in [2.45, 2.75) is 11.8 Å². The van der Waals surface area contributed by atoms with Crippen molar-refractivity contribution in [3.63, 3.8) is 0 Å². The van der Waals surface area contributed by atoms with Crippen LogP contribution in [0.1, 0.15) is 21.5 Å². The molecule has 2 rings (SSSR count). The number of rotatable bonds is 2. The number of hydrogen-bond acceptors (Lipinski definition) is 0. The third-order valence-electron chi connectivity index (χ3n) is 2.75. The number of alkyl halides is 1. The minimum absolute atomic E-state index is 0.0553. The number of halogens is 4. The molecule has 4 heteroatoms. The average molecular weight is 409 g/mol. The van der Waals surface area contributed by atoms with Gasteiger partial charge in [-0.25, -0.2) is 0 Å². The smallest absolute Gasteiger partial charge is 0.0662 e. The predicted molar refractivity (Wildman–Crippen MR) is 86.1 cm³/mol. The van der Waals surface area contributed by atoms with Crippen LogP contribution in [0.3, 0.4) is 0 Å². The summed E-state index contributed by atoms with van der Waals surface area (Å²) in [6.45, 7) is 2.08. The van der Waals surface area contributed by atoms with Crippen LogP contribution in [-0.4, -0.2) is 0 Å². The van der Waals surface area contributed by atoms with Crippen LogP contribution in [0.25, 0.3) is 0 Å². The summed E-state index contributed by atoms with van der Waals surface area (Å²) in [5.74, 6) is 0. The first-order chi connectivity index (χ1) is 8.49. The molecule has 2 aromatic carbocycles. The number of benzene rings is 2. The minimum atomic E-state index is 0.0553. The maximum atomic E-state index is 6.24. The van der Waals surface area contributed by atoms with Gasteiger partial charge in [0.05, 0.1) is 4.83 Å². The number of hydrogen-bond donors (Lipinski definition) is 0. The van der Waals surface area contributed by atoms with E-state index < -0.39 is 0 Å². The van der Waals surface area contributed by atoms with Crippen molar-refractivity contribution in [2.24, 2.45) is 0 Å². The van der Waals surface area contributed by atoms with E-state index in [0.29, 0.717) is 10.0 Å². The van der Waals surface area contributed by atoms with E-state index in [1.165, 1.54) is 11.1 Å². The zero-order valence-corrected chi connectivity index (χ0v) is 14.2. The minimum Gasteiger partial charge on any atom is -0.0843 e. The molecule has 1 atom stereocenters. The van der Waals surface area contributed by atoms with E-state index in [2.05, 4.69) is 50.9 Å². The van der Waals surface area contributed by atoms with E-state index in [0.717, 1.165) is 10.0 Å². The molecule has 0 fully saturated rings. The molecule has 0 radical (unpaired) electrons. The first-order valence-electron chi connectivity index (χ1n) is 5.34. The van der Waals surface area contributed by atoms with Gasteiger partial charge in [-0.1, -0.05) is 67.2 Å². The van der Waals surface area contributed by atoms with E-state index in [9.17, 15) is 0 Å². The van der Waals surface area contributed by atoms with Gasteiger partial charge in [0.25, 0.3) is 0 Å². The zero-order valence-electron chi connectivity index (χ0n) is 9.55. The molecule has 0 N–H and O–H groups in total. The largest absolute Gasteiger partial charge is 0.0843 e. The highest BCUT2D eigenvalue weighted by Crippen LogP contribution is 2.38. The van der Waals surface area contributed by atoms with E-state index >= 15 is 0 Å². The SMILES string of the molecule is Cc1ccc(Br)cc1C(Br)c1ccc(Cl)cc1Cl. The lowest BCUT2D eigenvalue weighted by atomic mass is 10.0. The van der Waals surface area contributed by atoms with Gasteiger partial charge in [0.1, 0.15) is 0 Å². The Balaban J connectivity index is 2.47. The summed E-state index contributed by atoms with van der Waals surface area (Å²) in [4.78, 5) is 0.0553. The van der Waals surface area contributed by atoms with E-state index in [1.54, 1.807) is 6.07 Å². The molecule has 0 spiro atoms. The van der Waals surface area contributed by atoms with Crippen LogP contribution in [0.5, 0.6) is 0 Å². The fraction of sp³-hybridized carbons (Fsp3) is 0.143. The molecular formula is C14H10Br2Cl2. The van der Waals surface area contributed by atoms with Gasteiger partial charge in [-0.05, 0) is 47.9 Å². The van der Waals surface area contributed by atoms with Crippen molar-refractivity contribution in [3.05, 3.63) is 67.6 Å². The highest BCUT2D eigenvalue weighted by molar-refractivity contribution is 9.10. The topological polar surface area (TPSA) is 0 Å². The standard InChI is InChI=1S/C14H10Br2Cl2/c1-8-2-3-9(15)6-12(8)14(16)11-5-4-10(17)7-13(11)18/h2-7,14H,1H3. The second kappa shape index (κ2) is 5.96. The van der Waals surface area contributed by atoms with Gasteiger partial charge in [-0.3, -0.25) is 0 Å². The van der Waals surface area contributed by atoms with Crippen LogP contribution in [0.15, 0.2) is 40.9 Å². The quantitative estimate of drug-likeness (QED) is 0.494. The van der Waals surface area contributed by atoms with E-state index in [4.69, 9.17) is 23.2 Å². The van der Waals surface area contributed by atoms with Gasteiger partial charge in [0, 0.05) is 14.5 Å². The average Bonchev–Trinajstić information content (AvgIpc) is 2.31. The van der Waals surface area contributed by atoms with E-state index in [1.807, 2.05) is 18.2 Å². The Morgan fingerprint density at radius 1 is 1.00 bits per heavy atom. The van der Waals surface area contributed by atoms with Crippen LogP contribution in [-0.2, 0) is 0 Å². The second-order valence-electron chi connectivity index (χ2n) is 4.03. The second-order valence-corrected chi connectivity index (χ2v) is 6.70. The first-order valence-corrected chi connectivity index (χ1v) is 7.80. The van der Waals surface area contributed by atoms with Crippen molar-refractivity contribution < 1.29 is 0 Å². The van der Waals surface area contributed by atoms with Crippen LogP contribution in [0.2, 0.25) is 10.0 Å². The van der Waals surface area contributed by atoms with E-state index in [-0.39, 0.29) is 4.83 Å². The molecule has 0 nitrogen and oxygen atoms in total. The van der Waals surface area contributed by atoms with Gasteiger partial charge in [0.15, 0.2) is 0 Å². The molecule has 1 unspecified atom stereocenters. The predicted octanol–water partition coefficient (Wildman–Crippen LogP) is 6.55. The summed E-state index contributed by atoms with van der Waals surface area (Å²) in [5, 5.41) is 1.32. The summed E-state index contributed by atoms with van der Waals surface area (Å²) < 4.78 is 1.05. The molecule has 0 heterocycles. The Morgan fingerprint density at radius 2 is 1.72 bits per heavy atom. The van der Waals surface area contributed by atoms with Crippen molar-refractivity contribution in [1.82, 2.24) is 0 Å². The summed E-state index contributed by atoms with van der Waals surface area (Å²) in [7, 11) is 0. The van der Waals surface area contributed by atoms with Crippen LogP contribution in [0.4, 0.5) is 0 Å². The lowest BCUT2D eigenvalue weighted by Crippen LogP contribution is -1.97. The summed E-state index contributed by atoms with van der Waals surface area (Å²) >= 11 is 19.4. The van der Waals surface area contributed by atoms with Crippen molar-refractivity contribution >= 4 is 55.1 Å². The van der Waals surface area contributed by atoms with Crippen molar-refractivity contribution in [2.75, 3.05) is 0 Å². The van der Waals surface area contributed by atoms with Crippen molar-refractivity contribution in [3.8, 4) is 0 Å². The lowest BCUT2D eigenvalue weighted by molar-refractivity contribution is 1.14. The van der Waals surface area contributed by atoms with Gasteiger partial charge in [-0.15, -0.1) is 0 Å². The molecule has 0 saturated carbocycles. The van der Waals surface area contributed by atoms with Gasteiger partial charge >= 0.3 is 0 Å². The summed E-state index contributed by atoms with van der Waals surface area (Å²) in [6, 6.07) is 11.8. The fourth-order valence-corrected chi connectivity index (χ4v) is 3.68. The molecule has 0 aliphatic carbocycles. The molecular weight excluding hydrogens is 399 g/mol. The molecule has 18 heavy (non-hydrogen) atoms. The number of aryl methyl sites for hydroxylation is 1.